The maximum absolute atomic E-state index is 6.32. The van der Waals surface area contributed by atoms with E-state index in [0.29, 0.717) is 10.9 Å². The van der Waals surface area contributed by atoms with Crippen LogP contribution in [0, 0.1) is 6.92 Å². The van der Waals surface area contributed by atoms with Gasteiger partial charge in [0.1, 0.15) is 0 Å². The lowest BCUT2D eigenvalue weighted by Crippen LogP contribution is -2.46. The molecule has 6 nitrogen and oxygen atoms in total. The average molecular weight is 515 g/mol. The number of rotatable bonds is 3. The largest absolute Gasteiger partial charge is 0.337 e. The molecule has 0 amide bonds. The maximum atomic E-state index is 6.32. The average Bonchev–Trinajstić information content (AvgIpc) is 3.29. The van der Waals surface area contributed by atoms with Crippen molar-refractivity contribution >= 4 is 46.2 Å². The Kier molecular flexibility index (Phi) is 5.34. The number of para-hydroxylation sites is 4. The molecule has 0 aliphatic carbocycles. The summed E-state index contributed by atoms with van der Waals surface area (Å²) in [7, 11) is 0. The normalized spacial score (nSPS) is 15.6. The van der Waals surface area contributed by atoms with Gasteiger partial charge in [0.25, 0.3) is 0 Å². The Hall–Kier alpha value is -4.68. The van der Waals surface area contributed by atoms with E-state index in [1.165, 1.54) is 0 Å². The molecule has 2 aliphatic rings. The van der Waals surface area contributed by atoms with E-state index in [0.717, 1.165) is 51.2 Å². The van der Waals surface area contributed by atoms with E-state index in [2.05, 4.69) is 35.3 Å². The molecular formula is C31H23ClN6. The Morgan fingerprint density at radius 1 is 0.763 bits per heavy atom. The molecule has 2 aliphatic heterocycles. The minimum atomic E-state index is -0.184. The zero-order valence-corrected chi connectivity index (χ0v) is 21.3. The molecule has 1 N–H and O–H groups in total. The summed E-state index contributed by atoms with van der Waals surface area (Å²) < 4.78 is 1.93. The van der Waals surface area contributed by atoms with Crippen LogP contribution in [0.2, 0.25) is 5.02 Å². The first-order valence-corrected chi connectivity index (χ1v) is 12.8. The third-order valence-electron chi connectivity index (χ3n) is 6.86. The van der Waals surface area contributed by atoms with Crippen LogP contribution in [0.25, 0.3) is 5.69 Å². The fourth-order valence-electron chi connectivity index (χ4n) is 5.17. The van der Waals surface area contributed by atoms with Gasteiger partial charge in [-0.3, -0.25) is 0 Å². The molecular weight excluding hydrogens is 492 g/mol. The fraction of sp³-hybridized carbons (Fsp3) is 0.0645. The predicted molar refractivity (Wildman–Crippen MR) is 155 cm³/mol. The second-order valence-electron chi connectivity index (χ2n) is 9.27. The van der Waals surface area contributed by atoms with Crippen LogP contribution in [0.15, 0.2) is 119 Å². The van der Waals surface area contributed by atoms with E-state index in [4.69, 9.17) is 26.7 Å². The first-order chi connectivity index (χ1) is 18.7. The van der Waals surface area contributed by atoms with Gasteiger partial charge in [-0.15, -0.1) is 0 Å². The Labute approximate surface area is 225 Å². The van der Waals surface area contributed by atoms with Crippen molar-refractivity contribution in [3.63, 3.8) is 0 Å². The second kappa shape index (κ2) is 9.01. The number of aromatic nitrogens is 2. The van der Waals surface area contributed by atoms with Gasteiger partial charge in [0, 0.05) is 16.3 Å². The minimum absolute atomic E-state index is 0.184. The van der Waals surface area contributed by atoms with Crippen molar-refractivity contribution in [3.05, 3.63) is 131 Å². The van der Waals surface area contributed by atoms with Gasteiger partial charge in [0.05, 0.1) is 28.8 Å². The van der Waals surface area contributed by atoms with Crippen molar-refractivity contribution < 1.29 is 0 Å². The van der Waals surface area contributed by atoms with E-state index in [9.17, 15) is 0 Å². The number of halogens is 1. The molecule has 0 saturated heterocycles. The zero-order valence-electron chi connectivity index (χ0n) is 20.6. The molecule has 38 heavy (non-hydrogen) atoms. The summed E-state index contributed by atoms with van der Waals surface area (Å²) in [6.45, 7) is 2.05. The van der Waals surface area contributed by atoms with Crippen LogP contribution in [0.3, 0.4) is 0 Å². The molecule has 1 unspecified atom stereocenters. The summed E-state index contributed by atoms with van der Waals surface area (Å²) in [4.78, 5) is 12.6. The van der Waals surface area contributed by atoms with E-state index in [1.54, 1.807) is 0 Å². The Balaban J connectivity index is 1.51. The number of aryl methyl sites for hydroxylation is 1. The number of hydrogen-bond donors (Lipinski definition) is 1. The number of aliphatic imine (C=N–C) groups is 2. The number of hydrogen-bond acceptors (Lipinski definition) is 5. The molecule has 4 aromatic carbocycles. The van der Waals surface area contributed by atoms with Crippen LogP contribution < -0.4 is 10.2 Å². The summed E-state index contributed by atoms with van der Waals surface area (Å²) in [5, 5.41) is 9.20. The molecule has 7 rings (SSSR count). The summed E-state index contributed by atoms with van der Waals surface area (Å²) >= 11 is 6.32. The molecule has 0 radical (unpaired) electrons. The molecule has 0 spiro atoms. The van der Waals surface area contributed by atoms with Gasteiger partial charge in [-0.05, 0) is 61.0 Å². The smallest absolute Gasteiger partial charge is 0.179 e. The molecule has 5 aromatic rings. The van der Waals surface area contributed by atoms with Crippen molar-refractivity contribution in [1.82, 2.24) is 9.78 Å². The van der Waals surface area contributed by atoms with Gasteiger partial charge in [-0.25, -0.2) is 14.7 Å². The quantitative estimate of drug-likeness (QED) is 0.269. The lowest BCUT2D eigenvalue weighted by atomic mass is 9.93. The summed E-state index contributed by atoms with van der Waals surface area (Å²) in [5.41, 5.74) is 6.82. The first kappa shape index (κ1) is 22.5. The first-order valence-electron chi connectivity index (χ1n) is 12.5. The van der Waals surface area contributed by atoms with Gasteiger partial charge in [-0.1, -0.05) is 72.3 Å². The summed E-state index contributed by atoms with van der Waals surface area (Å²) in [5.74, 6) is 2.21. The van der Waals surface area contributed by atoms with Crippen LogP contribution >= 0.6 is 11.6 Å². The highest BCUT2D eigenvalue weighted by Gasteiger charge is 2.41. The third kappa shape index (κ3) is 3.69. The molecule has 7 heteroatoms. The molecule has 1 atom stereocenters. The maximum Gasteiger partial charge on any atom is 0.179 e. The molecule has 0 fully saturated rings. The molecule has 184 valence electrons. The van der Waals surface area contributed by atoms with E-state index < -0.39 is 0 Å². The topological polar surface area (TPSA) is 57.8 Å². The van der Waals surface area contributed by atoms with Gasteiger partial charge < -0.3 is 10.2 Å². The van der Waals surface area contributed by atoms with Gasteiger partial charge in [-0.2, -0.15) is 5.10 Å². The van der Waals surface area contributed by atoms with Crippen LogP contribution in [-0.2, 0) is 0 Å². The Bertz CT molecular complexity index is 1710. The van der Waals surface area contributed by atoms with E-state index >= 15 is 0 Å². The Morgan fingerprint density at radius 3 is 2.21 bits per heavy atom. The van der Waals surface area contributed by atoms with Crippen LogP contribution in [-0.4, -0.2) is 21.5 Å². The zero-order chi connectivity index (χ0) is 25.6. The third-order valence-corrected chi connectivity index (χ3v) is 7.11. The molecule has 0 bridgehead atoms. The predicted octanol–water partition coefficient (Wildman–Crippen LogP) is 7.63. The van der Waals surface area contributed by atoms with Crippen molar-refractivity contribution in [1.29, 1.82) is 0 Å². The fourth-order valence-corrected chi connectivity index (χ4v) is 5.29. The van der Waals surface area contributed by atoms with Crippen LogP contribution in [0.5, 0.6) is 0 Å². The monoisotopic (exact) mass is 514 g/mol. The minimum Gasteiger partial charge on any atom is -0.337 e. The number of fused-ring (bicyclic) bond motifs is 4. The van der Waals surface area contributed by atoms with Crippen molar-refractivity contribution in [2.24, 2.45) is 9.98 Å². The summed E-state index contributed by atoms with van der Waals surface area (Å²) in [6.07, 6.45) is 0. The van der Waals surface area contributed by atoms with E-state index in [1.807, 2.05) is 95.7 Å². The highest BCUT2D eigenvalue weighted by atomic mass is 35.5. The molecule has 3 heterocycles. The van der Waals surface area contributed by atoms with Crippen molar-refractivity contribution in [2.45, 2.75) is 13.0 Å². The molecule has 1 aromatic heterocycles. The standard InChI is InChI=1S/C31H23ClN6/c1-20-27-28(21-16-18-22(32)19-17-21)37-26-15-9-8-14-25(26)34-29(33-23-10-4-2-5-11-23)31(37)35-30(27)38(36-20)24-12-6-3-7-13-24/h2-19,28H,1H3,(H,33,34). The number of anilines is 2. The van der Waals surface area contributed by atoms with E-state index in [-0.39, 0.29) is 6.04 Å². The van der Waals surface area contributed by atoms with Crippen molar-refractivity contribution in [2.75, 3.05) is 10.2 Å². The lowest BCUT2D eigenvalue weighted by Gasteiger charge is -2.40. The van der Waals surface area contributed by atoms with Crippen LogP contribution in [0.4, 0.5) is 22.9 Å². The highest BCUT2D eigenvalue weighted by molar-refractivity contribution is 6.51. The van der Waals surface area contributed by atoms with Gasteiger partial charge in [0.2, 0.25) is 0 Å². The van der Waals surface area contributed by atoms with Crippen molar-refractivity contribution in [3.8, 4) is 5.69 Å². The number of benzene rings is 4. The highest BCUT2D eigenvalue weighted by Crippen LogP contribution is 2.48. The lowest BCUT2D eigenvalue weighted by molar-refractivity contribution is 0.815. The second-order valence-corrected chi connectivity index (χ2v) is 9.71. The van der Waals surface area contributed by atoms with Gasteiger partial charge >= 0.3 is 0 Å². The molecule has 0 saturated carbocycles. The SMILES string of the molecule is Cc1nn(-c2ccccc2)c2c1C(c1ccc(Cl)cc1)N1C(=N2)C(Nc2ccccc2)=Nc2ccccc21. The summed E-state index contributed by atoms with van der Waals surface area (Å²) in [6, 6.07) is 36.2. The van der Waals surface area contributed by atoms with Gasteiger partial charge in [0.15, 0.2) is 17.5 Å². The number of nitrogens with one attached hydrogen (secondary N) is 1. The Morgan fingerprint density at radius 2 is 1.45 bits per heavy atom. The number of nitrogens with zero attached hydrogens (tertiary/aromatic N) is 5. The van der Waals surface area contributed by atoms with Crippen LogP contribution in [0.1, 0.15) is 22.9 Å². The number of amidine groups is 2.